The van der Waals surface area contributed by atoms with Gasteiger partial charge in [-0.15, -0.1) is 0 Å². The van der Waals surface area contributed by atoms with Crippen LogP contribution in [0.3, 0.4) is 0 Å². The predicted octanol–water partition coefficient (Wildman–Crippen LogP) is 0.521. The Morgan fingerprint density at radius 3 is 3.21 bits per heavy atom. The second kappa shape index (κ2) is 4.37. The van der Waals surface area contributed by atoms with Crippen LogP contribution < -0.4 is 5.32 Å². The minimum absolute atomic E-state index is 0.183. The van der Waals surface area contributed by atoms with Crippen LogP contribution in [0, 0.1) is 5.92 Å². The maximum Gasteiger partial charge on any atom is 0.137 e. The summed E-state index contributed by atoms with van der Waals surface area (Å²) >= 11 is 0. The molecule has 0 aliphatic carbocycles. The van der Waals surface area contributed by atoms with Gasteiger partial charge in [0.2, 0.25) is 0 Å². The Morgan fingerprint density at radius 1 is 1.50 bits per heavy atom. The molecule has 2 heterocycles. The Bertz CT molecular complexity index is 294. The summed E-state index contributed by atoms with van der Waals surface area (Å²) in [5.41, 5.74) is 1.13. The van der Waals surface area contributed by atoms with Crippen molar-refractivity contribution in [2.24, 2.45) is 5.92 Å². The van der Waals surface area contributed by atoms with Crippen LogP contribution >= 0.6 is 0 Å². The van der Waals surface area contributed by atoms with Crippen molar-refractivity contribution >= 4 is 5.78 Å². The monoisotopic (exact) mass is 193 g/mol. The van der Waals surface area contributed by atoms with Gasteiger partial charge in [-0.25, -0.2) is 0 Å². The van der Waals surface area contributed by atoms with Gasteiger partial charge in [0.25, 0.3) is 0 Å². The highest BCUT2D eigenvalue weighted by atomic mass is 16.1. The molecule has 1 atom stereocenters. The summed E-state index contributed by atoms with van der Waals surface area (Å²) in [5.74, 6) is 0.568. The van der Waals surface area contributed by atoms with Gasteiger partial charge in [-0.1, -0.05) is 0 Å². The van der Waals surface area contributed by atoms with E-state index in [-0.39, 0.29) is 5.92 Å². The number of carbonyl (C=O) groups excluding carboxylic acids is 1. The van der Waals surface area contributed by atoms with Crippen molar-refractivity contribution in [3.05, 3.63) is 18.0 Å². The minimum Gasteiger partial charge on any atom is -0.316 e. The largest absolute Gasteiger partial charge is 0.316 e. The molecule has 2 N–H and O–H groups in total. The van der Waals surface area contributed by atoms with Crippen molar-refractivity contribution in [1.29, 1.82) is 0 Å². The van der Waals surface area contributed by atoms with E-state index < -0.39 is 0 Å². The molecule has 2 rings (SSSR count). The second-order valence-corrected chi connectivity index (χ2v) is 3.76. The highest BCUT2D eigenvalue weighted by Crippen LogP contribution is 2.15. The first-order valence-corrected chi connectivity index (χ1v) is 5.07. The second-order valence-electron chi connectivity index (χ2n) is 3.76. The lowest BCUT2D eigenvalue weighted by atomic mass is 9.93. The van der Waals surface area contributed by atoms with E-state index in [1.54, 1.807) is 6.20 Å². The predicted molar refractivity (Wildman–Crippen MR) is 52.9 cm³/mol. The van der Waals surface area contributed by atoms with Gasteiger partial charge in [0.1, 0.15) is 5.78 Å². The Hall–Kier alpha value is -1.16. The van der Waals surface area contributed by atoms with E-state index in [4.69, 9.17) is 0 Å². The van der Waals surface area contributed by atoms with Gasteiger partial charge in [0.15, 0.2) is 0 Å². The first-order valence-electron chi connectivity index (χ1n) is 5.07. The summed E-state index contributed by atoms with van der Waals surface area (Å²) in [4.78, 5) is 11.7. The Kier molecular flexibility index (Phi) is 2.93. The molecule has 0 amide bonds. The standard InChI is InChI=1S/C10H15N3O/c14-10-2-4-11-3-1-9(10)5-8-6-12-13-7-8/h6-7,9,11H,1-5H2,(H,12,13). The molecule has 1 saturated heterocycles. The first kappa shape index (κ1) is 9.40. The number of hydrogen-bond acceptors (Lipinski definition) is 3. The molecule has 76 valence electrons. The minimum atomic E-state index is 0.183. The topological polar surface area (TPSA) is 57.8 Å². The zero-order chi connectivity index (χ0) is 9.80. The molecule has 0 saturated carbocycles. The fourth-order valence-corrected chi connectivity index (χ4v) is 1.87. The van der Waals surface area contributed by atoms with Crippen LogP contribution in [0.4, 0.5) is 0 Å². The fourth-order valence-electron chi connectivity index (χ4n) is 1.87. The molecule has 0 aromatic carbocycles. The Labute approximate surface area is 83.1 Å². The molecule has 4 heteroatoms. The third-order valence-electron chi connectivity index (χ3n) is 2.71. The Morgan fingerprint density at radius 2 is 2.43 bits per heavy atom. The van der Waals surface area contributed by atoms with E-state index in [1.165, 1.54) is 0 Å². The number of carbonyl (C=O) groups is 1. The number of H-pyrrole nitrogens is 1. The van der Waals surface area contributed by atoms with Gasteiger partial charge >= 0.3 is 0 Å². The molecule has 14 heavy (non-hydrogen) atoms. The highest BCUT2D eigenvalue weighted by molar-refractivity contribution is 5.81. The molecular weight excluding hydrogens is 178 g/mol. The van der Waals surface area contributed by atoms with E-state index in [0.29, 0.717) is 12.2 Å². The van der Waals surface area contributed by atoms with Gasteiger partial charge in [0.05, 0.1) is 6.20 Å². The molecule has 1 aromatic rings. The summed E-state index contributed by atoms with van der Waals surface area (Å²) in [7, 11) is 0. The van der Waals surface area contributed by atoms with Crippen LogP contribution in [0.15, 0.2) is 12.4 Å². The molecule has 0 bridgehead atoms. The molecule has 4 nitrogen and oxygen atoms in total. The van der Waals surface area contributed by atoms with Crippen molar-refractivity contribution < 1.29 is 4.79 Å². The van der Waals surface area contributed by atoms with E-state index in [9.17, 15) is 4.79 Å². The summed E-state index contributed by atoms with van der Waals surface area (Å²) in [5, 5.41) is 9.90. The number of nitrogens with one attached hydrogen (secondary N) is 2. The van der Waals surface area contributed by atoms with E-state index in [1.807, 2.05) is 6.20 Å². The maximum absolute atomic E-state index is 11.7. The van der Waals surface area contributed by atoms with Gasteiger partial charge in [-0.3, -0.25) is 9.89 Å². The molecular formula is C10H15N3O. The quantitative estimate of drug-likeness (QED) is 0.720. The summed E-state index contributed by atoms with van der Waals surface area (Å²) in [6.45, 7) is 1.79. The van der Waals surface area contributed by atoms with Crippen LogP contribution in [0.25, 0.3) is 0 Å². The number of hydrogen-bond donors (Lipinski definition) is 2. The molecule has 1 aromatic heterocycles. The third kappa shape index (κ3) is 2.20. The molecule has 1 aliphatic rings. The van der Waals surface area contributed by atoms with Gasteiger partial charge in [-0.05, 0) is 24.9 Å². The van der Waals surface area contributed by atoms with Crippen LogP contribution in [-0.4, -0.2) is 29.1 Å². The van der Waals surface area contributed by atoms with Crippen LogP contribution in [0.5, 0.6) is 0 Å². The average molecular weight is 193 g/mol. The lowest BCUT2D eigenvalue weighted by molar-refractivity contribution is -0.122. The van der Waals surface area contributed by atoms with Crippen LogP contribution in [0.2, 0.25) is 0 Å². The van der Waals surface area contributed by atoms with Crippen molar-refractivity contribution in [2.45, 2.75) is 19.3 Å². The third-order valence-corrected chi connectivity index (χ3v) is 2.71. The fraction of sp³-hybridized carbons (Fsp3) is 0.600. The molecule has 0 radical (unpaired) electrons. The molecule has 0 spiro atoms. The van der Waals surface area contributed by atoms with Crippen LogP contribution in [-0.2, 0) is 11.2 Å². The average Bonchev–Trinajstić information content (AvgIpc) is 2.60. The lowest BCUT2D eigenvalue weighted by Gasteiger charge is -2.10. The summed E-state index contributed by atoms with van der Waals surface area (Å²) in [6, 6.07) is 0. The lowest BCUT2D eigenvalue weighted by Crippen LogP contribution is -2.16. The Balaban J connectivity index is 1.98. The SMILES string of the molecule is O=C1CCNCCC1Cc1cn[nH]c1. The smallest absolute Gasteiger partial charge is 0.137 e. The number of ketones is 1. The summed E-state index contributed by atoms with van der Waals surface area (Å²) in [6.07, 6.45) is 6.11. The van der Waals surface area contributed by atoms with Crippen molar-refractivity contribution in [2.75, 3.05) is 13.1 Å². The number of aromatic nitrogens is 2. The molecule has 1 unspecified atom stereocenters. The van der Waals surface area contributed by atoms with E-state index >= 15 is 0 Å². The van der Waals surface area contributed by atoms with E-state index in [2.05, 4.69) is 15.5 Å². The molecule has 1 fully saturated rings. The van der Waals surface area contributed by atoms with Crippen molar-refractivity contribution in [3.63, 3.8) is 0 Å². The number of nitrogens with zero attached hydrogens (tertiary/aromatic N) is 1. The summed E-state index contributed by atoms with van der Waals surface area (Å²) < 4.78 is 0. The maximum atomic E-state index is 11.7. The van der Waals surface area contributed by atoms with Gasteiger partial charge in [0, 0.05) is 25.1 Å². The molecule has 1 aliphatic heterocycles. The zero-order valence-electron chi connectivity index (χ0n) is 8.12. The van der Waals surface area contributed by atoms with Gasteiger partial charge in [-0.2, -0.15) is 5.10 Å². The van der Waals surface area contributed by atoms with Crippen molar-refractivity contribution in [1.82, 2.24) is 15.5 Å². The van der Waals surface area contributed by atoms with Crippen LogP contribution in [0.1, 0.15) is 18.4 Å². The number of Topliss-reactive ketones (excluding diaryl/α,β-unsaturated/α-hetero) is 1. The highest BCUT2D eigenvalue weighted by Gasteiger charge is 2.20. The zero-order valence-corrected chi connectivity index (χ0v) is 8.12. The number of rotatable bonds is 2. The first-order chi connectivity index (χ1) is 6.86. The number of aromatic amines is 1. The van der Waals surface area contributed by atoms with Crippen molar-refractivity contribution in [3.8, 4) is 0 Å². The van der Waals surface area contributed by atoms with E-state index in [0.717, 1.165) is 31.5 Å². The van der Waals surface area contributed by atoms with Gasteiger partial charge < -0.3 is 5.32 Å². The normalized spacial score (nSPS) is 23.4.